The first-order valence-corrected chi connectivity index (χ1v) is 10.9. The summed E-state index contributed by atoms with van der Waals surface area (Å²) in [6.45, 7) is 10.3. The van der Waals surface area contributed by atoms with E-state index in [2.05, 4.69) is 24.3 Å². The standard InChI is InChI=1S/C25H30N2O4/c1-17-5-7-21-20(14-24(28)31-25(21)18(17)2)16-27-11-9-26(10-12-27)15-19-6-8-22(29-3)23(13-19)30-4/h5-8,13-14H,9-12,15-16H2,1-4H3/p+2. The molecule has 1 aromatic heterocycles. The maximum atomic E-state index is 12.2. The van der Waals surface area contributed by atoms with Crippen LogP contribution in [0.2, 0.25) is 0 Å². The summed E-state index contributed by atoms with van der Waals surface area (Å²) in [4.78, 5) is 15.2. The van der Waals surface area contributed by atoms with Crippen LogP contribution < -0.4 is 24.9 Å². The Morgan fingerprint density at radius 2 is 1.55 bits per heavy atom. The van der Waals surface area contributed by atoms with E-state index in [0.717, 1.165) is 78.4 Å². The van der Waals surface area contributed by atoms with Crippen LogP contribution in [0.3, 0.4) is 0 Å². The van der Waals surface area contributed by atoms with Crippen LogP contribution >= 0.6 is 0 Å². The summed E-state index contributed by atoms with van der Waals surface area (Å²) >= 11 is 0. The molecule has 1 aliphatic rings. The van der Waals surface area contributed by atoms with Crippen molar-refractivity contribution in [1.29, 1.82) is 0 Å². The molecule has 0 bridgehead atoms. The Labute approximate surface area is 183 Å². The Bertz CT molecular complexity index is 1130. The van der Waals surface area contributed by atoms with Crippen molar-refractivity contribution >= 4 is 11.0 Å². The van der Waals surface area contributed by atoms with Crippen LogP contribution in [0.1, 0.15) is 22.3 Å². The topological polar surface area (TPSA) is 57.6 Å². The fraction of sp³-hybridized carbons (Fsp3) is 0.400. The lowest BCUT2D eigenvalue weighted by molar-refractivity contribution is -1.02. The zero-order valence-electron chi connectivity index (χ0n) is 18.8. The molecule has 2 N–H and O–H groups in total. The molecule has 0 aliphatic carbocycles. The van der Waals surface area contributed by atoms with Crippen molar-refractivity contribution in [1.82, 2.24) is 0 Å². The van der Waals surface area contributed by atoms with Crippen LogP contribution in [0.15, 0.2) is 45.6 Å². The summed E-state index contributed by atoms with van der Waals surface area (Å²) < 4.78 is 16.3. The molecular weight excluding hydrogens is 392 g/mol. The van der Waals surface area contributed by atoms with Gasteiger partial charge in [0.2, 0.25) is 0 Å². The first-order chi connectivity index (χ1) is 15.0. The number of fused-ring (bicyclic) bond motifs is 1. The fourth-order valence-corrected chi connectivity index (χ4v) is 4.53. The lowest BCUT2D eigenvalue weighted by atomic mass is 10.0. The van der Waals surface area contributed by atoms with E-state index in [0.29, 0.717) is 0 Å². The maximum Gasteiger partial charge on any atom is 0.336 e. The van der Waals surface area contributed by atoms with Gasteiger partial charge in [-0.3, -0.25) is 0 Å². The normalized spacial score (nSPS) is 18.8. The van der Waals surface area contributed by atoms with E-state index in [-0.39, 0.29) is 5.63 Å². The maximum absolute atomic E-state index is 12.2. The van der Waals surface area contributed by atoms with Crippen molar-refractivity contribution in [3.8, 4) is 11.5 Å². The van der Waals surface area contributed by atoms with E-state index in [4.69, 9.17) is 13.9 Å². The highest BCUT2D eigenvalue weighted by Crippen LogP contribution is 2.27. The third kappa shape index (κ3) is 4.60. The zero-order valence-corrected chi connectivity index (χ0v) is 18.8. The Hall–Kier alpha value is -2.83. The van der Waals surface area contributed by atoms with E-state index in [9.17, 15) is 4.79 Å². The number of benzene rings is 2. The number of aryl methyl sites for hydroxylation is 2. The lowest BCUT2D eigenvalue weighted by Gasteiger charge is -2.30. The molecule has 2 heterocycles. The molecule has 0 amide bonds. The van der Waals surface area contributed by atoms with E-state index < -0.39 is 0 Å². The van der Waals surface area contributed by atoms with Gasteiger partial charge in [-0.25, -0.2) is 4.79 Å². The molecule has 4 rings (SSSR count). The minimum atomic E-state index is -0.256. The molecule has 3 aromatic rings. The first kappa shape index (κ1) is 21.4. The molecule has 0 spiro atoms. The van der Waals surface area contributed by atoms with Gasteiger partial charge in [-0.15, -0.1) is 0 Å². The van der Waals surface area contributed by atoms with Gasteiger partial charge in [-0.05, 0) is 43.2 Å². The summed E-state index contributed by atoms with van der Waals surface area (Å²) in [5, 5.41) is 1.07. The highest BCUT2D eigenvalue weighted by Gasteiger charge is 2.24. The molecule has 0 atom stereocenters. The summed E-state index contributed by atoms with van der Waals surface area (Å²) in [6.07, 6.45) is 0. The van der Waals surface area contributed by atoms with Crippen LogP contribution in [0, 0.1) is 13.8 Å². The minimum Gasteiger partial charge on any atom is -0.493 e. The number of rotatable bonds is 6. The summed E-state index contributed by atoms with van der Waals surface area (Å²) in [5.74, 6) is 1.55. The van der Waals surface area contributed by atoms with Gasteiger partial charge in [0, 0.05) is 22.6 Å². The summed E-state index contributed by atoms with van der Waals surface area (Å²) in [5.41, 5.74) is 5.03. The third-order valence-corrected chi connectivity index (χ3v) is 6.52. The molecule has 1 saturated heterocycles. The van der Waals surface area contributed by atoms with Gasteiger partial charge in [-0.2, -0.15) is 0 Å². The molecule has 6 heteroatoms. The Kier molecular flexibility index (Phi) is 6.30. The zero-order chi connectivity index (χ0) is 22.0. The van der Waals surface area contributed by atoms with Crippen LogP contribution in [-0.4, -0.2) is 40.4 Å². The Morgan fingerprint density at radius 1 is 0.871 bits per heavy atom. The van der Waals surface area contributed by atoms with E-state index in [1.165, 1.54) is 10.5 Å². The first-order valence-electron chi connectivity index (χ1n) is 10.9. The smallest absolute Gasteiger partial charge is 0.336 e. The Morgan fingerprint density at radius 3 is 2.23 bits per heavy atom. The molecule has 0 unspecified atom stereocenters. The van der Waals surface area contributed by atoms with Crippen LogP contribution in [0.5, 0.6) is 11.5 Å². The monoisotopic (exact) mass is 424 g/mol. The van der Waals surface area contributed by atoms with Gasteiger partial charge in [0.25, 0.3) is 0 Å². The SMILES string of the molecule is COc1ccc(C[NH+]2CC[NH+](Cc3cc(=O)oc4c(C)c(C)ccc34)CC2)cc1OC. The lowest BCUT2D eigenvalue weighted by Crippen LogP contribution is -3.27. The molecule has 6 nitrogen and oxygen atoms in total. The van der Waals surface area contributed by atoms with Crippen molar-refractivity contribution in [3.63, 3.8) is 0 Å². The minimum absolute atomic E-state index is 0.256. The van der Waals surface area contributed by atoms with Gasteiger partial charge >= 0.3 is 5.63 Å². The average molecular weight is 425 g/mol. The molecule has 1 aliphatic heterocycles. The molecule has 2 aromatic carbocycles. The second-order valence-corrected chi connectivity index (χ2v) is 8.52. The molecule has 0 radical (unpaired) electrons. The second kappa shape index (κ2) is 9.12. The van der Waals surface area contributed by atoms with E-state index >= 15 is 0 Å². The number of hydrogen-bond acceptors (Lipinski definition) is 4. The molecular formula is C25H32N2O4+2. The van der Waals surface area contributed by atoms with Crippen molar-refractivity contribution in [3.05, 3.63) is 69.1 Å². The van der Waals surface area contributed by atoms with Crippen LogP contribution in [-0.2, 0) is 13.1 Å². The number of hydrogen-bond donors (Lipinski definition) is 2. The highest BCUT2D eigenvalue weighted by atomic mass is 16.5. The Balaban J connectivity index is 1.42. The highest BCUT2D eigenvalue weighted by molar-refractivity contribution is 5.83. The third-order valence-electron chi connectivity index (χ3n) is 6.52. The van der Waals surface area contributed by atoms with Gasteiger partial charge in [-0.1, -0.05) is 12.1 Å². The number of methoxy groups -OCH3 is 2. The predicted octanol–water partition coefficient (Wildman–Crippen LogP) is 0.911. The second-order valence-electron chi connectivity index (χ2n) is 8.52. The van der Waals surface area contributed by atoms with Gasteiger partial charge < -0.3 is 23.7 Å². The van der Waals surface area contributed by atoms with E-state index in [1.807, 2.05) is 19.9 Å². The van der Waals surface area contributed by atoms with Crippen molar-refractivity contribution in [2.45, 2.75) is 26.9 Å². The molecule has 164 valence electrons. The summed E-state index contributed by atoms with van der Waals surface area (Å²) in [6, 6.07) is 12.0. The van der Waals surface area contributed by atoms with Gasteiger partial charge in [0.1, 0.15) is 44.9 Å². The molecule has 31 heavy (non-hydrogen) atoms. The largest absolute Gasteiger partial charge is 0.493 e. The molecule has 1 fully saturated rings. The quantitative estimate of drug-likeness (QED) is 0.578. The predicted molar refractivity (Wildman–Crippen MR) is 120 cm³/mol. The van der Waals surface area contributed by atoms with Crippen molar-refractivity contribution in [2.75, 3.05) is 40.4 Å². The number of quaternary nitrogens is 2. The van der Waals surface area contributed by atoms with Crippen LogP contribution in [0.4, 0.5) is 0 Å². The summed E-state index contributed by atoms with van der Waals surface area (Å²) in [7, 11) is 3.33. The molecule has 0 saturated carbocycles. The number of nitrogens with one attached hydrogen (secondary N) is 2. The van der Waals surface area contributed by atoms with Crippen molar-refractivity contribution in [2.24, 2.45) is 0 Å². The van der Waals surface area contributed by atoms with Gasteiger partial charge in [0.05, 0.1) is 14.2 Å². The van der Waals surface area contributed by atoms with Crippen molar-refractivity contribution < 1.29 is 23.7 Å². The van der Waals surface area contributed by atoms with Gasteiger partial charge in [0.15, 0.2) is 11.5 Å². The average Bonchev–Trinajstić information content (AvgIpc) is 2.77. The van der Waals surface area contributed by atoms with E-state index in [1.54, 1.807) is 25.2 Å². The number of ether oxygens (including phenoxy) is 2. The van der Waals surface area contributed by atoms with Crippen LogP contribution in [0.25, 0.3) is 11.0 Å². The fourth-order valence-electron chi connectivity index (χ4n) is 4.53. The number of piperazine rings is 1.